The molecule has 0 atom stereocenters. The molecule has 0 radical (unpaired) electrons. The number of anilines is 3. The lowest BCUT2D eigenvalue weighted by atomic mass is 10.0. The molecule has 0 bridgehead atoms. The summed E-state index contributed by atoms with van der Waals surface area (Å²) >= 11 is 0. The third-order valence-electron chi connectivity index (χ3n) is 6.47. The molecule has 0 aliphatic heterocycles. The van der Waals surface area contributed by atoms with E-state index in [-0.39, 0.29) is 11.7 Å². The Hall–Kier alpha value is -5.84. The van der Waals surface area contributed by atoms with Crippen molar-refractivity contribution >= 4 is 28.7 Å². The molecule has 42 heavy (non-hydrogen) atoms. The zero-order valence-electron chi connectivity index (χ0n) is 22.0. The van der Waals surface area contributed by atoms with Crippen LogP contribution < -0.4 is 15.4 Å². The number of fused-ring (bicyclic) bond motifs is 1. The van der Waals surface area contributed by atoms with Crippen LogP contribution in [0.1, 0.15) is 10.4 Å². The smallest absolute Gasteiger partial charge is 0.261 e. The number of methoxy groups -OCH3 is 1. The molecule has 1 amide bonds. The number of ether oxygens (including phenoxy) is 1. The number of pyridine rings is 1. The van der Waals surface area contributed by atoms with Crippen molar-refractivity contribution in [2.75, 3.05) is 17.7 Å². The summed E-state index contributed by atoms with van der Waals surface area (Å²) in [7, 11) is 1.47. The van der Waals surface area contributed by atoms with Crippen molar-refractivity contribution in [1.29, 1.82) is 0 Å². The molecule has 0 saturated heterocycles. The average molecular weight is 565 g/mol. The maximum Gasteiger partial charge on any atom is 0.261 e. The number of aromatic hydroxyl groups is 1. The van der Waals surface area contributed by atoms with Gasteiger partial charge in [-0.1, -0.05) is 24.3 Å². The fourth-order valence-corrected chi connectivity index (χ4v) is 4.56. The number of benzene rings is 3. The number of hydrogen-bond donors (Lipinski definition) is 3. The number of nitrogens with zero attached hydrogens (tertiary/aromatic N) is 4. The number of nitrogens with one attached hydrogen (secondary N) is 2. The third kappa shape index (κ3) is 5.06. The van der Waals surface area contributed by atoms with Gasteiger partial charge in [0.1, 0.15) is 22.9 Å². The first-order chi connectivity index (χ1) is 20.4. The number of phenols is 1. The van der Waals surface area contributed by atoms with Crippen LogP contribution in [0.4, 0.5) is 26.1 Å². The van der Waals surface area contributed by atoms with E-state index in [1.165, 1.54) is 19.2 Å². The summed E-state index contributed by atoms with van der Waals surface area (Å²) < 4.78 is 35.2. The standard InChI is InChI=1S/C31H22F2N6O3/c1-42-26-12-11-20(17-25(26)40)36-31-34-14-13-23(37-31)28-24-10-2-3-15-39(24)38-29(28)18-6-4-7-19(16-18)35-30(41)27-21(32)8-5-9-22(27)33/h2-17,40H,1H3,(H,35,41)(H,34,36,37). The lowest BCUT2D eigenvalue weighted by Gasteiger charge is -2.10. The van der Waals surface area contributed by atoms with Gasteiger partial charge in [-0.05, 0) is 54.6 Å². The van der Waals surface area contributed by atoms with Crippen molar-refractivity contribution in [1.82, 2.24) is 19.6 Å². The largest absolute Gasteiger partial charge is 0.504 e. The molecule has 208 valence electrons. The maximum absolute atomic E-state index is 14.2. The first-order valence-corrected chi connectivity index (χ1v) is 12.7. The van der Waals surface area contributed by atoms with Crippen molar-refractivity contribution in [2.45, 2.75) is 0 Å². The quantitative estimate of drug-likeness (QED) is 0.204. The molecule has 0 unspecified atom stereocenters. The Morgan fingerprint density at radius 3 is 2.52 bits per heavy atom. The highest BCUT2D eigenvalue weighted by molar-refractivity contribution is 6.05. The lowest BCUT2D eigenvalue weighted by molar-refractivity contribution is 0.101. The number of carbonyl (C=O) groups is 1. The summed E-state index contributed by atoms with van der Waals surface area (Å²) in [6.45, 7) is 0. The maximum atomic E-state index is 14.2. The second kappa shape index (κ2) is 11.0. The molecule has 0 fully saturated rings. The molecule has 3 aromatic carbocycles. The summed E-state index contributed by atoms with van der Waals surface area (Å²) in [5, 5.41) is 20.6. The van der Waals surface area contributed by atoms with Crippen LogP contribution in [0.15, 0.2) is 97.3 Å². The molecule has 0 spiro atoms. The minimum atomic E-state index is -0.954. The number of hydrogen-bond acceptors (Lipinski definition) is 7. The van der Waals surface area contributed by atoms with Gasteiger partial charge in [0.15, 0.2) is 11.5 Å². The monoisotopic (exact) mass is 564 g/mol. The average Bonchev–Trinajstić information content (AvgIpc) is 3.37. The van der Waals surface area contributed by atoms with Gasteiger partial charge >= 0.3 is 0 Å². The number of halogens is 2. The first-order valence-electron chi connectivity index (χ1n) is 12.7. The summed E-state index contributed by atoms with van der Waals surface area (Å²) in [4.78, 5) is 21.7. The van der Waals surface area contributed by atoms with E-state index in [1.807, 2.05) is 24.3 Å². The van der Waals surface area contributed by atoms with Crippen LogP contribution in [0.5, 0.6) is 11.5 Å². The molecule has 0 aliphatic carbocycles. The van der Waals surface area contributed by atoms with Gasteiger partial charge in [0.2, 0.25) is 5.95 Å². The fraction of sp³-hybridized carbons (Fsp3) is 0.0323. The van der Waals surface area contributed by atoms with E-state index in [1.54, 1.807) is 53.3 Å². The summed E-state index contributed by atoms with van der Waals surface area (Å²) in [5.74, 6) is -2.23. The minimum absolute atomic E-state index is 0.0340. The van der Waals surface area contributed by atoms with Crippen LogP contribution in [0.25, 0.3) is 28.0 Å². The Morgan fingerprint density at radius 2 is 1.74 bits per heavy atom. The molecule has 9 nitrogen and oxygen atoms in total. The van der Waals surface area contributed by atoms with Crippen LogP contribution in [0.2, 0.25) is 0 Å². The summed E-state index contributed by atoms with van der Waals surface area (Å²) in [5.41, 5.74) is 3.43. The zero-order chi connectivity index (χ0) is 29.2. The van der Waals surface area contributed by atoms with Crippen LogP contribution in [-0.4, -0.2) is 37.7 Å². The van der Waals surface area contributed by atoms with Gasteiger partial charge in [-0.2, -0.15) is 5.10 Å². The van der Waals surface area contributed by atoms with E-state index in [2.05, 4.69) is 15.6 Å². The molecule has 3 heterocycles. The summed E-state index contributed by atoms with van der Waals surface area (Å²) in [6.07, 6.45) is 3.40. The van der Waals surface area contributed by atoms with E-state index >= 15 is 0 Å². The highest BCUT2D eigenvalue weighted by Crippen LogP contribution is 2.36. The van der Waals surface area contributed by atoms with E-state index in [9.17, 15) is 18.7 Å². The van der Waals surface area contributed by atoms with Crippen LogP contribution in [0.3, 0.4) is 0 Å². The van der Waals surface area contributed by atoms with Gasteiger partial charge in [-0.25, -0.2) is 23.3 Å². The van der Waals surface area contributed by atoms with E-state index in [0.29, 0.717) is 39.6 Å². The van der Waals surface area contributed by atoms with Crippen LogP contribution in [0, 0.1) is 11.6 Å². The van der Waals surface area contributed by atoms with Gasteiger partial charge < -0.3 is 20.5 Å². The number of phenolic OH excluding ortho intramolecular Hbond substituents is 1. The normalized spacial score (nSPS) is 10.9. The second-order valence-corrected chi connectivity index (χ2v) is 9.16. The molecule has 0 aliphatic rings. The van der Waals surface area contributed by atoms with E-state index in [0.717, 1.165) is 17.6 Å². The Labute approximate surface area is 238 Å². The van der Waals surface area contributed by atoms with Crippen molar-refractivity contribution in [2.24, 2.45) is 0 Å². The first kappa shape index (κ1) is 26.4. The number of aromatic nitrogens is 4. The van der Waals surface area contributed by atoms with Crippen molar-refractivity contribution in [3.8, 4) is 34.0 Å². The molecular formula is C31H22F2N6O3. The summed E-state index contributed by atoms with van der Waals surface area (Å²) in [6, 6.07) is 22.3. The second-order valence-electron chi connectivity index (χ2n) is 9.16. The molecule has 6 rings (SSSR count). The van der Waals surface area contributed by atoms with Gasteiger partial charge in [0.05, 0.1) is 23.9 Å². The molecule has 0 saturated carbocycles. The lowest BCUT2D eigenvalue weighted by Crippen LogP contribution is -2.15. The van der Waals surface area contributed by atoms with Crippen molar-refractivity contribution < 1.29 is 23.4 Å². The van der Waals surface area contributed by atoms with Crippen molar-refractivity contribution in [3.63, 3.8) is 0 Å². The zero-order valence-corrected chi connectivity index (χ0v) is 22.0. The van der Waals surface area contributed by atoms with Gasteiger partial charge in [-0.3, -0.25) is 4.79 Å². The molecule has 11 heteroatoms. The molecule has 6 aromatic rings. The predicted octanol–water partition coefficient (Wildman–Crippen LogP) is 6.45. The SMILES string of the molecule is COc1ccc(Nc2nccc(-c3c(-c4cccc(NC(=O)c5c(F)cccc5F)c4)nn4ccccc34)n2)cc1O. The Morgan fingerprint density at radius 1 is 0.929 bits per heavy atom. The topological polar surface area (TPSA) is 114 Å². The van der Waals surface area contributed by atoms with E-state index < -0.39 is 23.1 Å². The highest BCUT2D eigenvalue weighted by atomic mass is 19.1. The number of rotatable bonds is 7. The van der Waals surface area contributed by atoms with Crippen molar-refractivity contribution in [3.05, 3.63) is 115 Å². The fourth-order valence-electron chi connectivity index (χ4n) is 4.56. The highest BCUT2D eigenvalue weighted by Gasteiger charge is 2.20. The molecule has 3 aromatic heterocycles. The number of amides is 1. The van der Waals surface area contributed by atoms with Gasteiger partial charge in [0, 0.05) is 35.4 Å². The molecular weight excluding hydrogens is 542 g/mol. The minimum Gasteiger partial charge on any atom is -0.504 e. The predicted molar refractivity (Wildman–Crippen MR) is 154 cm³/mol. The Kier molecular flexibility index (Phi) is 6.89. The van der Waals surface area contributed by atoms with Crippen LogP contribution >= 0.6 is 0 Å². The van der Waals surface area contributed by atoms with Gasteiger partial charge in [0.25, 0.3) is 5.91 Å². The van der Waals surface area contributed by atoms with Gasteiger partial charge in [-0.15, -0.1) is 0 Å². The Balaban J connectivity index is 1.38. The van der Waals surface area contributed by atoms with Crippen LogP contribution in [-0.2, 0) is 0 Å². The Bertz CT molecular complexity index is 1940. The third-order valence-corrected chi connectivity index (χ3v) is 6.47. The number of carbonyl (C=O) groups excluding carboxylic acids is 1. The molecule has 3 N–H and O–H groups in total. The van der Waals surface area contributed by atoms with E-state index in [4.69, 9.17) is 14.8 Å².